The Kier molecular flexibility index (Phi) is 7.85. The average Bonchev–Trinajstić information content (AvgIpc) is 3.56. The summed E-state index contributed by atoms with van der Waals surface area (Å²) in [5, 5.41) is 2.56. The molecule has 4 aromatic rings. The molecule has 3 aromatic carbocycles. The van der Waals surface area contributed by atoms with Crippen LogP contribution >= 0.6 is 11.6 Å². The predicted octanol–water partition coefficient (Wildman–Crippen LogP) is 6.23. The van der Waals surface area contributed by atoms with Gasteiger partial charge in [-0.2, -0.15) is 0 Å². The zero-order chi connectivity index (χ0) is 30.2. The number of urea groups is 1. The van der Waals surface area contributed by atoms with Crippen LogP contribution in [0.3, 0.4) is 0 Å². The van der Waals surface area contributed by atoms with Crippen molar-refractivity contribution in [3.63, 3.8) is 0 Å². The first-order valence-corrected chi connectivity index (χ1v) is 14.0. The molecule has 2 aliphatic heterocycles. The van der Waals surface area contributed by atoms with Gasteiger partial charge in [0, 0.05) is 44.2 Å². The summed E-state index contributed by atoms with van der Waals surface area (Å²) in [7, 11) is 1.78. The summed E-state index contributed by atoms with van der Waals surface area (Å²) in [6.45, 7) is 0.832. The second kappa shape index (κ2) is 11.7. The summed E-state index contributed by atoms with van der Waals surface area (Å²) in [5.74, 6) is 0.772. The summed E-state index contributed by atoms with van der Waals surface area (Å²) < 4.78 is 50.4. The molecule has 2 aliphatic rings. The van der Waals surface area contributed by atoms with E-state index in [1.165, 1.54) is 17.0 Å². The number of imide groups is 1. The fourth-order valence-electron chi connectivity index (χ4n) is 5.56. The molecule has 3 heterocycles. The number of hydrogen-bond acceptors (Lipinski definition) is 5. The Labute approximate surface area is 250 Å². The van der Waals surface area contributed by atoms with Crippen LogP contribution in [-0.4, -0.2) is 39.4 Å². The zero-order valence-electron chi connectivity index (χ0n) is 23.1. The first-order valence-electron chi connectivity index (χ1n) is 13.6. The predicted molar refractivity (Wildman–Crippen MR) is 154 cm³/mol. The van der Waals surface area contributed by atoms with Crippen molar-refractivity contribution in [2.75, 3.05) is 11.4 Å². The Hall–Kier alpha value is -4.35. The number of carbonyl (C=O) groups excluding carboxylic acids is 2. The van der Waals surface area contributed by atoms with E-state index in [1.807, 2.05) is 18.2 Å². The van der Waals surface area contributed by atoms with Gasteiger partial charge >= 0.3 is 6.03 Å². The summed E-state index contributed by atoms with van der Waals surface area (Å²) in [6, 6.07) is 14.9. The molecule has 222 valence electrons. The molecule has 0 spiro atoms. The molecule has 0 unspecified atom stereocenters. The minimum atomic E-state index is -2.64. The minimum Gasteiger partial charge on any atom is -0.489 e. The quantitative estimate of drug-likeness (QED) is 0.256. The number of rotatable bonds is 8. The maximum atomic E-state index is 14.5. The third kappa shape index (κ3) is 5.70. The number of carbonyl (C=O) groups is 2. The number of aromatic nitrogens is 2. The lowest BCUT2D eigenvalue weighted by atomic mass is 10.1. The van der Waals surface area contributed by atoms with Gasteiger partial charge in [0.1, 0.15) is 29.8 Å². The highest BCUT2D eigenvalue weighted by Gasteiger charge is 2.34. The summed E-state index contributed by atoms with van der Waals surface area (Å²) in [5.41, 5.74) is 3.30. The molecule has 1 fully saturated rings. The monoisotopic (exact) mass is 609 g/mol. The van der Waals surface area contributed by atoms with Gasteiger partial charge in [-0.1, -0.05) is 41.9 Å². The maximum absolute atomic E-state index is 14.5. The van der Waals surface area contributed by atoms with Crippen LogP contribution in [0.25, 0.3) is 11.4 Å². The van der Waals surface area contributed by atoms with E-state index in [1.54, 1.807) is 53.0 Å². The topological polar surface area (TPSA) is 79.7 Å². The van der Waals surface area contributed by atoms with Crippen LogP contribution in [0.4, 0.5) is 23.8 Å². The molecular formula is C31H27ClF3N5O3. The lowest BCUT2D eigenvalue weighted by molar-refractivity contribution is -0.120. The number of fused-ring (bicyclic) bond motifs is 1. The number of nitrogens with one attached hydrogen (secondary N) is 1. The molecule has 12 heteroatoms. The van der Waals surface area contributed by atoms with E-state index in [9.17, 15) is 22.8 Å². The van der Waals surface area contributed by atoms with Crippen molar-refractivity contribution in [1.82, 2.24) is 19.8 Å². The summed E-state index contributed by atoms with van der Waals surface area (Å²) in [4.78, 5) is 31.6. The molecule has 0 radical (unpaired) electrons. The van der Waals surface area contributed by atoms with E-state index in [2.05, 4.69) is 10.3 Å². The van der Waals surface area contributed by atoms with Gasteiger partial charge in [-0.05, 0) is 47.0 Å². The molecule has 8 nitrogen and oxygen atoms in total. The number of alkyl halides is 2. The molecule has 1 aromatic heterocycles. The van der Waals surface area contributed by atoms with Crippen molar-refractivity contribution in [3.8, 4) is 17.1 Å². The van der Waals surface area contributed by atoms with E-state index in [0.717, 1.165) is 16.7 Å². The second-order valence-corrected chi connectivity index (χ2v) is 10.9. The standard InChI is InChI=1S/C31H27ClF3N5O3/c1-38-27(40-12-11-26(41)37-31(40)42)14-36-30(38)19-5-6-20-15-39(16-21(20)13-19)28(29(34)35)18-7-9-22(10-8-18)43-17-23-24(32)3-2-4-25(23)33/h2-10,13-14,28-29H,11-12,15-17H2,1H3,(H,37,41,42)/t28-/m1/s1. The van der Waals surface area contributed by atoms with Crippen LogP contribution in [-0.2, 0) is 31.5 Å². The summed E-state index contributed by atoms with van der Waals surface area (Å²) in [6.07, 6.45) is -0.864. The van der Waals surface area contributed by atoms with Crippen molar-refractivity contribution in [1.29, 1.82) is 0 Å². The van der Waals surface area contributed by atoms with Gasteiger partial charge in [0.15, 0.2) is 0 Å². The van der Waals surface area contributed by atoms with E-state index < -0.39 is 24.3 Å². The van der Waals surface area contributed by atoms with Crippen molar-refractivity contribution in [2.24, 2.45) is 7.05 Å². The largest absolute Gasteiger partial charge is 0.489 e. The minimum absolute atomic E-state index is 0.0880. The highest BCUT2D eigenvalue weighted by molar-refractivity contribution is 6.31. The number of hydrogen-bond donors (Lipinski definition) is 1. The average molecular weight is 610 g/mol. The second-order valence-electron chi connectivity index (χ2n) is 10.5. The van der Waals surface area contributed by atoms with Crippen LogP contribution in [0.1, 0.15) is 34.7 Å². The van der Waals surface area contributed by atoms with Crippen molar-refractivity contribution in [3.05, 3.63) is 100.0 Å². The Balaban J connectivity index is 1.16. The van der Waals surface area contributed by atoms with Crippen molar-refractivity contribution in [2.45, 2.75) is 38.6 Å². The van der Waals surface area contributed by atoms with Crippen molar-refractivity contribution >= 4 is 29.4 Å². The van der Waals surface area contributed by atoms with Crippen LogP contribution < -0.4 is 15.0 Å². The van der Waals surface area contributed by atoms with Gasteiger partial charge in [0.05, 0.1) is 17.3 Å². The highest BCUT2D eigenvalue weighted by atomic mass is 35.5. The third-order valence-electron chi connectivity index (χ3n) is 7.80. The number of amides is 3. The van der Waals surface area contributed by atoms with Crippen LogP contribution in [0.15, 0.2) is 66.9 Å². The first-order chi connectivity index (χ1) is 20.7. The van der Waals surface area contributed by atoms with Gasteiger partial charge < -0.3 is 9.30 Å². The lowest BCUT2D eigenvalue weighted by Crippen LogP contribution is -2.50. The normalized spacial score (nSPS) is 16.0. The Morgan fingerprint density at radius 1 is 1.05 bits per heavy atom. The van der Waals surface area contributed by atoms with Crippen LogP contribution in [0.5, 0.6) is 5.75 Å². The number of benzene rings is 3. The van der Waals surface area contributed by atoms with E-state index in [0.29, 0.717) is 36.0 Å². The lowest BCUT2D eigenvalue weighted by Gasteiger charge is -2.27. The number of anilines is 1. The molecular weight excluding hydrogens is 583 g/mol. The van der Waals surface area contributed by atoms with Gasteiger partial charge in [0.2, 0.25) is 5.91 Å². The number of halogens is 4. The molecule has 1 N–H and O–H groups in total. The number of nitrogens with zero attached hydrogens (tertiary/aromatic N) is 4. The van der Waals surface area contributed by atoms with Gasteiger partial charge in [-0.3, -0.25) is 19.9 Å². The highest BCUT2D eigenvalue weighted by Crippen LogP contribution is 2.37. The van der Waals surface area contributed by atoms with E-state index in [4.69, 9.17) is 16.3 Å². The SMILES string of the molecule is Cn1c(N2CCC(=O)NC2=O)cnc1-c1ccc2c(c1)CN([C@H](c1ccc(OCc3c(F)cccc3Cl)cc1)C(F)F)C2. The molecule has 1 atom stereocenters. The Bertz CT molecular complexity index is 1670. The molecule has 1 saturated heterocycles. The van der Waals surface area contributed by atoms with Gasteiger partial charge in [-0.25, -0.2) is 22.9 Å². The zero-order valence-corrected chi connectivity index (χ0v) is 23.8. The molecule has 0 saturated carbocycles. The number of imidazole rings is 1. The van der Waals surface area contributed by atoms with Crippen molar-refractivity contribution < 1.29 is 27.5 Å². The Morgan fingerprint density at radius 2 is 1.81 bits per heavy atom. The fourth-order valence-corrected chi connectivity index (χ4v) is 5.78. The fraction of sp³-hybridized carbons (Fsp3) is 0.258. The van der Waals surface area contributed by atoms with E-state index in [-0.39, 0.29) is 36.1 Å². The van der Waals surface area contributed by atoms with Gasteiger partial charge in [0.25, 0.3) is 6.43 Å². The molecule has 0 bridgehead atoms. The Morgan fingerprint density at radius 3 is 2.53 bits per heavy atom. The van der Waals surface area contributed by atoms with Crippen LogP contribution in [0, 0.1) is 5.82 Å². The first kappa shape index (κ1) is 28.8. The summed E-state index contributed by atoms with van der Waals surface area (Å²) >= 11 is 6.06. The third-order valence-corrected chi connectivity index (χ3v) is 8.16. The smallest absolute Gasteiger partial charge is 0.329 e. The molecule has 0 aliphatic carbocycles. The molecule has 43 heavy (non-hydrogen) atoms. The van der Waals surface area contributed by atoms with Crippen LogP contribution in [0.2, 0.25) is 5.02 Å². The van der Waals surface area contributed by atoms with Gasteiger partial charge in [-0.15, -0.1) is 0 Å². The molecule has 6 rings (SSSR count). The van der Waals surface area contributed by atoms with E-state index >= 15 is 0 Å². The molecule has 3 amide bonds. The maximum Gasteiger partial charge on any atom is 0.329 e. The number of ether oxygens (including phenoxy) is 1.